The quantitative estimate of drug-likeness (QED) is 0.431. The van der Waals surface area contributed by atoms with E-state index >= 15 is 0 Å². The van der Waals surface area contributed by atoms with E-state index in [9.17, 15) is 9.59 Å². The Labute approximate surface area is 94.7 Å². The van der Waals surface area contributed by atoms with Crippen LogP contribution >= 0.6 is 0 Å². The second kappa shape index (κ2) is 5.85. The highest BCUT2D eigenvalue weighted by atomic mass is 16.5. The maximum Gasteiger partial charge on any atom is 0.333 e. The van der Waals surface area contributed by atoms with Crippen molar-refractivity contribution in [2.45, 2.75) is 19.4 Å². The van der Waals surface area contributed by atoms with Crippen LogP contribution in [0.5, 0.6) is 0 Å². The Balaban J connectivity index is 2.60. The highest BCUT2D eigenvalue weighted by molar-refractivity contribution is 5.88. The van der Waals surface area contributed by atoms with E-state index in [0.717, 1.165) is 5.56 Å². The van der Waals surface area contributed by atoms with Crippen molar-refractivity contribution in [1.29, 1.82) is 0 Å². The summed E-state index contributed by atoms with van der Waals surface area (Å²) in [5.74, 6) is -0.534. The van der Waals surface area contributed by atoms with Gasteiger partial charge in [-0.05, 0) is 12.5 Å². The summed E-state index contributed by atoms with van der Waals surface area (Å²) in [6.45, 7) is 5.01. The number of esters is 1. The van der Waals surface area contributed by atoms with Gasteiger partial charge < -0.3 is 4.74 Å². The lowest BCUT2D eigenvalue weighted by molar-refractivity contribution is -0.147. The monoisotopic (exact) mass is 218 g/mol. The number of ether oxygens (including phenoxy) is 1. The Morgan fingerprint density at radius 2 is 2.06 bits per heavy atom. The number of benzene rings is 1. The molecule has 0 aliphatic heterocycles. The van der Waals surface area contributed by atoms with Crippen molar-refractivity contribution in [3.63, 3.8) is 0 Å². The standard InChI is InChI=1S/C13H14O3/c1-10(2)13(15)16-12(9-14)8-11-6-4-3-5-7-11/h3-7,9,12H,1,8H2,2H3. The average Bonchev–Trinajstić information content (AvgIpc) is 2.29. The fourth-order valence-corrected chi connectivity index (χ4v) is 1.20. The minimum Gasteiger partial charge on any atom is -0.451 e. The Hall–Kier alpha value is -1.90. The number of hydrogen-bond acceptors (Lipinski definition) is 3. The van der Waals surface area contributed by atoms with Crippen molar-refractivity contribution in [3.8, 4) is 0 Å². The van der Waals surface area contributed by atoms with E-state index in [1.165, 1.54) is 0 Å². The summed E-state index contributed by atoms with van der Waals surface area (Å²) in [6, 6.07) is 9.39. The van der Waals surface area contributed by atoms with E-state index in [-0.39, 0.29) is 0 Å². The van der Waals surface area contributed by atoms with Crippen LogP contribution in [-0.4, -0.2) is 18.4 Å². The summed E-state index contributed by atoms with van der Waals surface area (Å²) < 4.78 is 4.96. The van der Waals surface area contributed by atoms with Gasteiger partial charge in [0, 0.05) is 12.0 Å². The first-order chi connectivity index (χ1) is 7.63. The SMILES string of the molecule is C=C(C)C(=O)OC(C=O)Cc1ccccc1. The summed E-state index contributed by atoms with van der Waals surface area (Å²) in [4.78, 5) is 22.0. The third-order valence-electron chi connectivity index (χ3n) is 2.04. The van der Waals surface area contributed by atoms with Gasteiger partial charge in [-0.3, -0.25) is 4.79 Å². The molecule has 0 saturated carbocycles. The van der Waals surface area contributed by atoms with Gasteiger partial charge in [0.05, 0.1) is 0 Å². The molecule has 0 saturated heterocycles. The van der Waals surface area contributed by atoms with Crippen molar-refractivity contribution >= 4 is 12.3 Å². The smallest absolute Gasteiger partial charge is 0.333 e. The maximum absolute atomic E-state index is 11.2. The van der Waals surface area contributed by atoms with E-state index in [1.807, 2.05) is 30.3 Å². The number of rotatable bonds is 5. The van der Waals surface area contributed by atoms with Gasteiger partial charge in [-0.15, -0.1) is 0 Å². The van der Waals surface area contributed by atoms with Gasteiger partial charge in [0.2, 0.25) is 0 Å². The minimum absolute atomic E-state index is 0.292. The van der Waals surface area contributed by atoms with Gasteiger partial charge in [0.1, 0.15) is 0 Å². The average molecular weight is 218 g/mol. The Morgan fingerprint density at radius 1 is 1.44 bits per heavy atom. The molecule has 0 aliphatic carbocycles. The van der Waals surface area contributed by atoms with E-state index < -0.39 is 12.1 Å². The Bertz CT molecular complexity index is 381. The normalized spacial score (nSPS) is 11.6. The molecule has 0 aromatic heterocycles. The van der Waals surface area contributed by atoms with Crippen LogP contribution in [0.1, 0.15) is 12.5 Å². The minimum atomic E-state index is -0.744. The summed E-state index contributed by atoms with van der Waals surface area (Å²) in [5.41, 5.74) is 1.24. The predicted octanol–water partition coefficient (Wildman–Crippen LogP) is 1.92. The van der Waals surface area contributed by atoms with Crippen molar-refractivity contribution in [3.05, 3.63) is 48.0 Å². The first-order valence-corrected chi connectivity index (χ1v) is 4.99. The molecule has 0 N–H and O–H groups in total. The first kappa shape index (κ1) is 12.2. The van der Waals surface area contributed by atoms with E-state index in [2.05, 4.69) is 6.58 Å². The molecule has 1 rings (SSSR count). The van der Waals surface area contributed by atoms with Gasteiger partial charge in [-0.25, -0.2) is 4.79 Å². The van der Waals surface area contributed by atoms with Crippen LogP contribution in [0.25, 0.3) is 0 Å². The topological polar surface area (TPSA) is 43.4 Å². The van der Waals surface area contributed by atoms with E-state index in [0.29, 0.717) is 18.3 Å². The zero-order chi connectivity index (χ0) is 12.0. The molecule has 1 unspecified atom stereocenters. The summed E-state index contributed by atoms with van der Waals surface area (Å²) in [5, 5.41) is 0. The zero-order valence-electron chi connectivity index (χ0n) is 9.18. The van der Waals surface area contributed by atoms with Crippen LogP contribution in [0.2, 0.25) is 0 Å². The van der Waals surface area contributed by atoms with Crippen LogP contribution in [0, 0.1) is 0 Å². The fraction of sp³-hybridized carbons (Fsp3) is 0.231. The number of carbonyl (C=O) groups excluding carboxylic acids is 2. The second-order valence-electron chi connectivity index (χ2n) is 3.55. The molecule has 0 spiro atoms. The lowest BCUT2D eigenvalue weighted by atomic mass is 10.1. The fourth-order valence-electron chi connectivity index (χ4n) is 1.20. The van der Waals surface area contributed by atoms with E-state index in [1.54, 1.807) is 6.92 Å². The van der Waals surface area contributed by atoms with Crippen LogP contribution in [-0.2, 0) is 20.7 Å². The lowest BCUT2D eigenvalue weighted by Gasteiger charge is -2.11. The molecule has 1 aromatic carbocycles. The second-order valence-corrected chi connectivity index (χ2v) is 3.55. The molecule has 84 valence electrons. The zero-order valence-corrected chi connectivity index (χ0v) is 9.18. The molecular weight excluding hydrogens is 204 g/mol. The van der Waals surface area contributed by atoms with Crippen LogP contribution in [0.15, 0.2) is 42.5 Å². The van der Waals surface area contributed by atoms with Gasteiger partial charge in [0.15, 0.2) is 12.4 Å². The van der Waals surface area contributed by atoms with Crippen molar-refractivity contribution in [1.82, 2.24) is 0 Å². The highest BCUT2D eigenvalue weighted by Gasteiger charge is 2.14. The van der Waals surface area contributed by atoms with Crippen LogP contribution < -0.4 is 0 Å². The van der Waals surface area contributed by atoms with Gasteiger partial charge in [-0.2, -0.15) is 0 Å². The van der Waals surface area contributed by atoms with Gasteiger partial charge in [-0.1, -0.05) is 36.9 Å². The first-order valence-electron chi connectivity index (χ1n) is 4.99. The molecule has 0 amide bonds. The van der Waals surface area contributed by atoms with Crippen molar-refractivity contribution < 1.29 is 14.3 Å². The molecule has 16 heavy (non-hydrogen) atoms. The number of carbonyl (C=O) groups is 2. The summed E-state index contributed by atoms with van der Waals surface area (Å²) in [6.07, 6.45) is 0.281. The largest absolute Gasteiger partial charge is 0.451 e. The molecule has 0 radical (unpaired) electrons. The van der Waals surface area contributed by atoms with Crippen molar-refractivity contribution in [2.24, 2.45) is 0 Å². The maximum atomic E-state index is 11.2. The molecule has 0 fully saturated rings. The Kier molecular flexibility index (Phi) is 4.45. The molecule has 3 nitrogen and oxygen atoms in total. The summed E-state index contributed by atoms with van der Waals surface area (Å²) >= 11 is 0. The van der Waals surface area contributed by atoms with Crippen LogP contribution in [0.4, 0.5) is 0 Å². The van der Waals surface area contributed by atoms with Gasteiger partial charge >= 0.3 is 5.97 Å². The predicted molar refractivity (Wildman–Crippen MR) is 60.9 cm³/mol. The van der Waals surface area contributed by atoms with Crippen LogP contribution in [0.3, 0.4) is 0 Å². The summed E-state index contributed by atoms with van der Waals surface area (Å²) in [7, 11) is 0. The number of hydrogen-bond donors (Lipinski definition) is 0. The molecule has 1 atom stereocenters. The lowest BCUT2D eigenvalue weighted by Crippen LogP contribution is -2.22. The molecular formula is C13H14O3. The van der Waals surface area contributed by atoms with E-state index in [4.69, 9.17) is 4.74 Å². The number of aldehydes is 1. The molecule has 1 aromatic rings. The molecule has 3 heteroatoms. The highest BCUT2D eigenvalue weighted by Crippen LogP contribution is 2.06. The molecule has 0 heterocycles. The van der Waals surface area contributed by atoms with Gasteiger partial charge in [0.25, 0.3) is 0 Å². The third kappa shape index (κ3) is 3.69. The Morgan fingerprint density at radius 3 is 2.56 bits per heavy atom. The van der Waals surface area contributed by atoms with Crippen molar-refractivity contribution in [2.75, 3.05) is 0 Å². The molecule has 0 bridgehead atoms. The third-order valence-corrected chi connectivity index (χ3v) is 2.04. The molecule has 0 aliphatic rings.